The Hall–Kier alpha value is -2.33. The molecule has 4 nitrogen and oxygen atoms in total. The third-order valence-corrected chi connectivity index (χ3v) is 4.25. The van der Waals surface area contributed by atoms with Crippen molar-refractivity contribution in [2.45, 2.75) is 24.8 Å². The van der Waals surface area contributed by atoms with Gasteiger partial charge in [0.1, 0.15) is 5.75 Å². The number of hydroxylamine groups is 2. The molecule has 2 atom stereocenters. The molecular weight excluding hydrogens is 278 g/mol. The molecule has 1 saturated heterocycles. The number of amides is 1. The van der Waals surface area contributed by atoms with Crippen LogP contribution in [-0.2, 0) is 11.2 Å². The minimum absolute atomic E-state index is 0.0751. The topological polar surface area (TPSA) is 49.8 Å². The van der Waals surface area contributed by atoms with Crippen LogP contribution in [0.25, 0.3) is 0 Å². The Kier molecular flexibility index (Phi) is 4.11. The summed E-state index contributed by atoms with van der Waals surface area (Å²) in [6, 6.07) is 17.3. The normalized spacial score (nSPS) is 21.2. The van der Waals surface area contributed by atoms with Crippen molar-refractivity contribution in [1.29, 1.82) is 0 Å². The molecule has 1 fully saturated rings. The molecule has 1 aliphatic heterocycles. The average Bonchev–Trinajstić information content (AvgIpc) is 2.84. The summed E-state index contributed by atoms with van der Waals surface area (Å²) in [6.07, 6.45) is 0.917. The zero-order valence-electron chi connectivity index (χ0n) is 12.5. The first-order valence-electron chi connectivity index (χ1n) is 7.38. The van der Waals surface area contributed by atoms with Crippen LogP contribution in [0.1, 0.15) is 23.5 Å². The van der Waals surface area contributed by atoms with E-state index in [1.54, 1.807) is 7.11 Å². The maximum atomic E-state index is 12.0. The van der Waals surface area contributed by atoms with Crippen molar-refractivity contribution in [3.8, 4) is 5.75 Å². The molecule has 114 valence electrons. The Balaban J connectivity index is 1.93. The van der Waals surface area contributed by atoms with Crippen molar-refractivity contribution in [2.75, 3.05) is 7.11 Å². The van der Waals surface area contributed by atoms with Gasteiger partial charge in [-0.15, -0.1) is 0 Å². The molecule has 0 radical (unpaired) electrons. The van der Waals surface area contributed by atoms with E-state index in [0.717, 1.165) is 21.9 Å². The molecule has 2 aromatic carbocycles. The zero-order chi connectivity index (χ0) is 15.5. The molecule has 2 aromatic rings. The van der Waals surface area contributed by atoms with E-state index in [1.165, 1.54) is 0 Å². The molecule has 0 aliphatic carbocycles. The number of hydrogen-bond acceptors (Lipinski definition) is 3. The summed E-state index contributed by atoms with van der Waals surface area (Å²) < 4.78 is 5.42. The summed E-state index contributed by atoms with van der Waals surface area (Å²) in [5.41, 5.74) is 2.07. The summed E-state index contributed by atoms with van der Waals surface area (Å²) in [5, 5.41) is 11.1. The fourth-order valence-corrected chi connectivity index (χ4v) is 3.15. The van der Waals surface area contributed by atoms with Gasteiger partial charge in [0.05, 0.1) is 13.2 Å². The Morgan fingerprint density at radius 1 is 1.14 bits per heavy atom. The maximum absolute atomic E-state index is 12.0. The van der Waals surface area contributed by atoms with Gasteiger partial charge in [0, 0.05) is 12.3 Å². The number of nitrogens with zero attached hydrogens (tertiary/aromatic N) is 1. The Bertz CT molecular complexity index is 656. The van der Waals surface area contributed by atoms with Crippen LogP contribution in [0.5, 0.6) is 5.75 Å². The van der Waals surface area contributed by atoms with Crippen molar-refractivity contribution in [3.63, 3.8) is 0 Å². The third-order valence-electron chi connectivity index (χ3n) is 4.25. The lowest BCUT2D eigenvalue weighted by atomic mass is 9.87. The number of benzene rings is 2. The predicted octanol–water partition coefficient (Wildman–Crippen LogP) is 3.01. The second kappa shape index (κ2) is 6.20. The van der Waals surface area contributed by atoms with Gasteiger partial charge in [-0.3, -0.25) is 10.0 Å². The molecule has 0 bridgehead atoms. The lowest BCUT2D eigenvalue weighted by Crippen LogP contribution is -2.33. The molecular formula is C18H19NO3. The highest BCUT2D eigenvalue weighted by molar-refractivity contribution is 5.79. The van der Waals surface area contributed by atoms with E-state index in [9.17, 15) is 10.0 Å². The van der Waals surface area contributed by atoms with E-state index in [4.69, 9.17) is 4.74 Å². The van der Waals surface area contributed by atoms with Crippen LogP contribution in [0.3, 0.4) is 0 Å². The first kappa shape index (κ1) is 14.6. The summed E-state index contributed by atoms with van der Waals surface area (Å²) in [6.45, 7) is 0. The molecule has 1 aliphatic rings. The highest BCUT2D eigenvalue weighted by Gasteiger charge is 2.41. The highest BCUT2D eigenvalue weighted by Crippen LogP contribution is 2.39. The number of carbonyl (C=O) groups excluding carboxylic acids is 1. The van der Waals surface area contributed by atoms with Gasteiger partial charge in [-0.25, -0.2) is 5.06 Å². The molecule has 1 heterocycles. The molecule has 0 saturated carbocycles. The number of para-hydroxylation sites is 1. The smallest absolute Gasteiger partial charge is 0.246 e. The summed E-state index contributed by atoms with van der Waals surface area (Å²) in [5.74, 6) is 0.444. The van der Waals surface area contributed by atoms with E-state index in [0.29, 0.717) is 12.8 Å². The van der Waals surface area contributed by atoms with Crippen LogP contribution in [-0.4, -0.2) is 29.3 Å². The van der Waals surface area contributed by atoms with Crippen LogP contribution in [0.4, 0.5) is 0 Å². The zero-order valence-corrected chi connectivity index (χ0v) is 12.5. The SMILES string of the molecule is COc1ccccc1[C@H]1CC(=O)N(O)[C@@H]1Cc1ccccc1. The first-order chi connectivity index (χ1) is 10.7. The van der Waals surface area contributed by atoms with Crippen molar-refractivity contribution in [1.82, 2.24) is 5.06 Å². The Morgan fingerprint density at radius 2 is 1.82 bits per heavy atom. The average molecular weight is 297 g/mol. The van der Waals surface area contributed by atoms with Gasteiger partial charge in [0.15, 0.2) is 0 Å². The van der Waals surface area contributed by atoms with Crippen molar-refractivity contribution < 1.29 is 14.7 Å². The van der Waals surface area contributed by atoms with E-state index in [-0.39, 0.29) is 17.9 Å². The van der Waals surface area contributed by atoms with E-state index in [2.05, 4.69) is 0 Å². The van der Waals surface area contributed by atoms with Gasteiger partial charge in [-0.1, -0.05) is 48.5 Å². The standard InChI is InChI=1S/C18H19NO3/c1-22-17-10-6-5-9-14(17)15-12-18(20)19(21)16(15)11-13-7-3-2-4-8-13/h2-10,15-16,21H,11-12H2,1H3/t15-,16-/m1/s1. The fraction of sp³-hybridized carbons (Fsp3) is 0.278. The summed E-state index contributed by atoms with van der Waals surface area (Å²) in [4.78, 5) is 12.0. The second-order valence-electron chi connectivity index (χ2n) is 5.55. The van der Waals surface area contributed by atoms with Gasteiger partial charge in [0.2, 0.25) is 5.91 Å². The lowest BCUT2D eigenvalue weighted by Gasteiger charge is -2.24. The second-order valence-corrected chi connectivity index (χ2v) is 5.55. The van der Waals surface area contributed by atoms with Crippen molar-refractivity contribution in [2.24, 2.45) is 0 Å². The third kappa shape index (κ3) is 2.70. The summed E-state index contributed by atoms with van der Waals surface area (Å²) >= 11 is 0. The molecule has 4 heteroatoms. The first-order valence-corrected chi connectivity index (χ1v) is 7.38. The maximum Gasteiger partial charge on any atom is 0.246 e. The van der Waals surface area contributed by atoms with Gasteiger partial charge in [-0.2, -0.15) is 0 Å². The highest BCUT2D eigenvalue weighted by atomic mass is 16.5. The molecule has 0 spiro atoms. The van der Waals surface area contributed by atoms with Gasteiger partial charge < -0.3 is 4.74 Å². The van der Waals surface area contributed by atoms with Gasteiger partial charge in [-0.05, 0) is 23.6 Å². The van der Waals surface area contributed by atoms with Crippen molar-refractivity contribution in [3.05, 3.63) is 65.7 Å². The van der Waals surface area contributed by atoms with Gasteiger partial charge in [0.25, 0.3) is 0 Å². The number of rotatable bonds is 4. The largest absolute Gasteiger partial charge is 0.496 e. The van der Waals surface area contributed by atoms with Crippen molar-refractivity contribution >= 4 is 5.91 Å². The van der Waals surface area contributed by atoms with E-state index >= 15 is 0 Å². The number of carbonyl (C=O) groups is 1. The molecule has 3 rings (SSSR count). The molecule has 22 heavy (non-hydrogen) atoms. The molecule has 1 amide bonds. The Morgan fingerprint density at radius 3 is 2.55 bits per heavy atom. The molecule has 1 N–H and O–H groups in total. The number of ether oxygens (including phenoxy) is 1. The molecule has 0 aromatic heterocycles. The molecule has 0 unspecified atom stereocenters. The van der Waals surface area contributed by atoms with Crippen LogP contribution >= 0.6 is 0 Å². The van der Waals surface area contributed by atoms with Crippen LogP contribution < -0.4 is 4.74 Å². The van der Waals surface area contributed by atoms with Crippen LogP contribution in [0, 0.1) is 0 Å². The quantitative estimate of drug-likeness (QED) is 0.883. The van der Waals surface area contributed by atoms with E-state index in [1.807, 2.05) is 54.6 Å². The number of hydrogen-bond donors (Lipinski definition) is 1. The Labute approximate surface area is 129 Å². The van der Waals surface area contributed by atoms with Gasteiger partial charge >= 0.3 is 0 Å². The fourth-order valence-electron chi connectivity index (χ4n) is 3.15. The minimum atomic E-state index is -0.272. The summed E-state index contributed by atoms with van der Waals surface area (Å²) in [7, 11) is 1.62. The lowest BCUT2D eigenvalue weighted by molar-refractivity contribution is -0.165. The number of methoxy groups -OCH3 is 1. The van der Waals surface area contributed by atoms with Crippen LogP contribution in [0.15, 0.2) is 54.6 Å². The van der Waals surface area contributed by atoms with E-state index < -0.39 is 0 Å². The minimum Gasteiger partial charge on any atom is -0.496 e. The monoisotopic (exact) mass is 297 g/mol. The predicted molar refractivity (Wildman–Crippen MR) is 82.9 cm³/mol. The van der Waals surface area contributed by atoms with Crippen LogP contribution in [0.2, 0.25) is 0 Å².